The van der Waals surface area contributed by atoms with Crippen LogP contribution in [0.2, 0.25) is 0 Å². The first kappa shape index (κ1) is 17.0. The van der Waals surface area contributed by atoms with Gasteiger partial charge in [0.05, 0.1) is 23.3 Å². The van der Waals surface area contributed by atoms with E-state index in [-0.39, 0.29) is 12.1 Å². The molecule has 2 aromatic rings. The molecule has 2 aromatic carbocycles. The van der Waals surface area contributed by atoms with Crippen LogP contribution in [0.4, 0.5) is 11.4 Å². The van der Waals surface area contributed by atoms with E-state index >= 15 is 0 Å². The molecule has 136 valence electrons. The molecule has 4 nitrogen and oxygen atoms in total. The lowest BCUT2D eigenvalue weighted by molar-refractivity contribution is 0.443. The molecule has 0 bridgehead atoms. The van der Waals surface area contributed by atoms with Crippen LogP contribution in [0.3, 0.4) is 0 Å². The quantitative estimate of drug-likeness (QED) is 0.900. The molecular weight excluding hydrogens is 320 g/mol. The minimum Gasteiger partial charge on any atom is -0.362 e. The molecule has 0 aromatic heterocycles. The van der Waals surface area contributed by atoms with Crippen molar-refractivity contribution < 1.29 is 0 Å². The molecular formula is C22H28N4. The molecule has 0 spiro atoms. The third-order valence-electron chi connectivity index (χ3n) is 5.68. The zero-order chi connectivity index (χ0) is 18.1. The highest BCUT2D eigenvalue weighted by atomic mass is 15.3. The first-order chi connectivity index (χ1) is 12.8. The average molecular weight is 348 g/mol. The number of benzene rings is 2. The molecule has 0 fully saturated rings. The van der Waals surface area contributed by atoms with E-state index in [9.17, 15) is 0 Å². The smallest absolute Gasteiger partial charge is 0.142 e. The van der Waals surface area contributed by atoms with Gasteiger partial charge in [-0.05, 0) is 38.5 Å². The van der Waals surface area contributed by atoms with Gasteiger partial charge >= 0.3 is 0 Å². The van der Waals surface area contributed by atoms with Gasteiger partial charge in [0.15, 0.2) is 0 Å². The van der Waals surface area contributed by atoms with E-state index in [2.05, 4.69) is 90.5 Å². The Hall–Kier alpha value is -2.49. The summed E-state index contributed by atoms with van der Waals surface area (Å²) in [5.74, 6) is 1.50. The van der Waals surface area contributed by atoms with Crippen LogP contribution in [0.1, 0.15) is 32.3 Å². The number of aliphatic imine (C=N–C) groups is 1. The SMILES string of the molecule is CCN(CC)C1=N[C@@H]2Nc3ccccc3N(CC)[C@H]2[C@H]1c1ccccc1. The van der Waals surface area contributed by atoms with Crippen molar-refractivity contribution >= 4 is 17.2 Å². The Balaban J connectivity index is 1.82. The van der Waals surface area contributed by atoms with E-state index in [1.165, 1.54) is 22.8 Å². The number of nitrogens with zero attached hydrogens (tertiary/aromatic N) is 3. The Morgan fingerprint density at radius 3 is 2.35 bits per heavy atom. The maximum atomic E-state index is 5.20. The lowest BCUT2D eigenvalue weighted by atomic mass is 9.87. The topological polar surface area (TPSA) is 30.9 Å². The summed E-state index contributed by atoms with van der Waals surface area (Å²) in [6.07, 6.45) is 0.0886. The fourth-order valence-corrected chi connectivity index (χ4v) is 4.48. The van der Waals surface area contributed by atoms with Crippen molar-refractivity contribution in [3.8, 4) is 0 Å². The summed E-state index contributed by atoms with van der Waals surface area (Å²) in [4.78, 5) is 10.1. The Kier molecular flexibility index (Phi) is 4.58. The minimum atomic E-state index is 0.0886. The van der Waals surface area contributed by atoms with Gasteiger partial charge in [-0.15, -0.1) is 0 Å². The van der Waals surface area contributed by atoms with Crippen molar-refractivity contribution in [1.29, 1.82) is 0 Å². The third-order valence-corrected chi connectivity index (χ3v) is 5.68. The molecule has 0 amide bonds. The van der Waals surface area contributed by atoms with E-state index in [4.69, 9.17) is 4.99 Å². The van der Waals surface area contributed by atoms with Crippen LogP contribution in [0, 0.1) is 0 Å². The largest absolute Gasteiger partial charge is 0.362 e. The minimum absolute atomic E-state index is 0.0886. The molecule has 0 unspecified atom stereocenters. The zero-order valence-electron chi connectivity index (χ0n) is 15.9. The van der Waals surface area contributed by atoms with Crippen molar-refractivity contribution in [2.75, 3.05) is 29.9 Å². The Morgan fingerprint density at radius 2 is 1.65 bits per heavy atom. The molecule has 4 rings (SSSR count). The summed E-state index contributed by atoms with van der Waals surface area (Å²) < 4.78 is 0. The second kappa shape index (κ2) is 7.02. The molecule has 4 heteroatoms. The Labute approximate surface area is 156 Å². The van der Waals surface area contributed by atoms with Gasteiger partial charge < -0.3 is 15.1 Å². The van der Waals surface area contributed by atoms with Gasteiger partial charge in [-0.2, -0.15) is 0 Å². The van der Waals surface area contributed by atoms with Crippen molar-refractivity contribution in [3.63, 3.8) is 0 Å². The number of likely N-dealkylation sites (N-methyl/N-ethyl adjacent to an activating group) is 2. The van der Waals surface area contributed by atoms with Gasteiger partial charge in [-0.3, -0.25) is 0 Å². The van der Waals surface area contributed by atoms with Gasteiger partial charge in [0.25, 0.3) is 0 Å². The Bertz CT molecular complexity index is 782. The van der Waals surface area contributed by atoms with Crippen LogP contribution in [0.15, 0.2) is 59.6 Å². The maximum absolute atomic E-state index is 5.20. The van der Waals surface area contributed by atoms with E-state index < -0.39 is 0 Å². The molecule has 1 N–H and O–H groups in total. The van der Waals surface area contributed by atoms with Crippen molar-refractivity contribution in [2.45, 2.75) is 38.9 Å². The Morgan fingerprint density at radius 1 is 0.962 bits per heavy atom. The summed E-state index contributed by atoms with van der Waals surface area (Å²) in [5.41, 5.74) is 3.82. The number of hydrogen-bond acceptors (Lipinski definition) is 4. The number of hydrogen-bond donors (Lipinski definition) is 1. The maximum Gasteiger partial charge on any atom is 0.142 e. The van der Waals surface area contributed by atoms with Gasteiger partial charge in [-0.1, -0.05) is 42.5 Å². The summed E-state index contributed by atoms with van der Waals surface area (Å²) in [7, 11) is 0. The van der Waals surface area contributed by atoms with Crippen LogP contribution in [-0.4, -0.2) is 42.6 Å². The highest BCUT2D eigenvalue weighted by molar-refractivity contribution is 5.94. The molecule has 2 aliphatic rings. The fourth-order valence-electron chi connectivity index (χ4n) is 4.48. The molecule has 0 aliphatic carbocycles. The predicted molar refractivity (Wildman–Crippen MR) is 110 cm³/mol. The zero-order valence-corrected chi connectivity index (χ0v) is 15.9. The fraction of sp³-hybridized carbons (Fsp3) is 0.409. The third kappa shape index (κ3) is 2.64. The molecule has 26 heavy (non-hydrogen) atoms. The number of amidine groups is 1. The van der Waals surface area contributed by atoms with Crippen molar-refractivity contribution in [3.05, 3.63) is 60.2 Å². The molecule has 2 heterocycles. The molecule has 0 saturated heterocycles. The summed E-state index contributed by atoms with van der Waals surface area (Å²) in [5, 5.41) is 3.70. The number of rotatable bonds is 4. The van der Waals surface area contributed by atoms with Gasteiger partial charge in [0.1, 0.15) is 12.0 Å². The van der Waals surface area contributed by atoms with Crippen molar-refractivity contribution in [2.24, 2.45) is 4.99 Å². The molecule has 2 aliphatic heterocycles. The highest BCUT2D eigenvalue weighted by Gasteiger charge is 2.47. The van der Waals surface area contributed by atoms with Gasteiger partial charge in [-0.25, -0.2) is 4.99 Å². The summed E-state index contributed by atoms with van der Waals surface area (Å²) >= 11 is 0. The predicted octanol–water partition coefficient (Wildman–Crippen LogP) is 4.17. The first-order valence-electron chi connectivity index (χ1n) is 9.78. The number of para-hydroxylation sites is 2. The summed E-state index contributed by atoms with van der Waals surface area (Å²) in [6.45, 7) is 9.63. The molecule has 0 radical (unpaired) electrons. The van der Waals surface area contributed by atoms with Gasteiger partial charge in [0.2, 0.25) is 0 Å². The van der Waals surface area contributed by atoms with E-state index in [0.29, 0.717) is 6.04 Å². The van der Waals surface area contributed by atoms with Gasteiger partial charge in [0, 0.05) is 19.6 Å². The first-order valence-corrected chi connectivity index (χ1v) is 9.78. The van der Waals surface area contributed by atoms with Crippen LogP contribution >= 0.6 is 0 Å². The average Bonchev–Trinajstić information content (AvgIpc) is 3.06. The van der Waals surface area contributed by atoms with Crippen LogP contribution in [0.5, 0.6) is 0 Å². The van der Waals surface area contributed by atoms with Crippen LogP contribution in [0.25, 0.3) is 0 Å². The number of nitrogens with one attached hydrogen (secondary N) is 1. The van der Waals surface area contributed by atoms with Crippen molar-refractivity contribution in [1.82, 2.24) is 4.90 Å². The lowest BCUT2D eigenvalue weighted by Gasteiger charge is -2.43. The number of fused-ring (bicyclic) bond motifs is 2. The molecule has 3 atom stereocenters. The second-order valence-electron chi connectivity index (χ2n) is 6.93. The normalized spacial score (nSPS) is 23.7. The second-order valence-corrected chi connectivity index (χ2v) is 6.93. The van der Waals surface area contributed by atoms with E-state index in [0.717, 1.165) is 19.6 Å². The highest BCUT2D eigenvalue weighted by Crippen LogP contribution is 2.43. The van der Waals surface area contributed by atoms with Crippen LogP contribution < -0.4 is 10.2 Å². The van der Waals surface area contributed by atoms with E-state index in [1.54, 1.807) is 0 Å². The molecule has 0 saturated carbocycles. The standard InChI is InChI=1S/C22H28N4/c1-4-25(5-2)22-19(16-12-8-7-9-13-16)20-21(24-22)23-17-14-10-11-15-18(17)26(20)6-3/h7-15,19-21,23H,4-6H2,1-3H3/t19-,20+,21+/m1/s1. The van der Waals surface area contributed by atoms with E-state index in [1.807, 2.05) is 0 Å². The summed E-state index contributed by atoms with van der Waals surface area (Å²) in [6, 6.07) is 19.8. The number of anilines is 2. The monoisotopic (exact) mass is 348 g/mol. The van der Waals surface area contributed by atoms with Crippen LogP contribution in [-0.2, 0) is 0 Å². The lowest BCUT2D eigenvalue weighted by Crippen LogP contribution is -2.51.